The molecule has 0 fully saturated rings. The molecule has 8 heteroatoms. The van der Waals surface area contributed by atoms with Gasteiger partial charge < -0.3 is 15.4 Å². The number of carbonyl (C=O) groups is 2. The summed E-state index contributed by atoms with van der Waals surface area (Å²) in [4.78, 5) is 33.8. The number of rotatable bonds is 8. The van der Waals surface area contributed by atoms with E-state index in [1.165, 1.54) is 24.3 Å². The Morgan fingerprint density at radius 2 is 1.73 bits per heavy atom. The fraction of sp³-hybridized carbons (Fsp3) is 0.222. The number of anilines is 1. The highest BCUT2D eigenvalue weighted by Gasteiger charge is 2.08. The highest BCUT2D eigenvalue weighted by Crippen LogP contribution is 2.17. The maximum Gasteiger partial charge on any atom is 0.269 e. The van der Waals surface area contributed by atoms with Crippen LogP contribution in [0, 0.1) is 10.1 Å². The lowest BCUT2D eigenvalue weighted by Gasteiger charge is -2.08. The Morgan fingerprint density at radius 1 is 1.08 bits per heavy atom. The minimum atomic E-state index is -0.511. The SMILES string of the molecule is CCCNC(=O)c1ccc(NC(=O)COc2ccc([N+](=O)[O-])cc2)cc1. The molecule has 2 aromatic carbocycles. The third kappa shape index (κ3) is 5.59. The van der Waals surface area contributed by atoms with E-state index in [2.05, 4.69) is 10.6 Å². The summed E-state index contributed by atoms with van der Waals surface area (Å²) in [5.41, 5.74) is 0.998. The Balaban J connectivity index is 1.83. The van der Waals surface area contributed by atoms with Gasteiger partial charge in [0.25, 0.3) is 17.5 Å². The van der Waals surface area contributed by atoms with Crippen molar-refractivity contribution in [1.82, 2.24) is 5.32 Å². The minimum absolute atomic E-state index is 0.0511. The number of nitro groups is 1. The molecule has 0 aromatic heterocycles. The lowest BCUT2D eigenvalue weighted by atomic mass is 10.2. The molecule has 0 aliphatic heterocycles. The number of nitrogens with zero attached hydrogens (tertiary/aromatic N) is 1. The van der Waals surface area contributed by atoms with Gasteiger partial charge in [-0.2, -0.15) is 0 Å². The lowest BCUT2D eigenvalue weighted by Crippen LogP contribution is -2.24. The molecular weight excluding hydrogens is 338 g/mol. The van der Waals surface area contributed by atoms with Gasteiger partial charge in [-0.15, -0.1) is 0 Å². The zero-order valence-corrected chi connectivity index (χ0v) is 14.2. The predicted molar refractivity (Wildman–Crippen MR) is 96.3 cm³/mol. The number of non-ortho nitro benzene ring substituents is 1. The Morgan fingerprint density at radius 3 is 2.31 bits per heavy atom. The summed E-state index contributed by atoms with van der Waals surface area (Å²) in [5.74, 6) is -0.188. The van der Waals surface area contributed by atoms with E-state index >= 15 is 0 Å². The molecule has 0 spiro atoms. The smallest absolute Gasteiger partial charge is 0.269 e. The number of amides is 2. The summed E-state index contributed by atoms with van der Waals surface area (Å²) in [5, 5.41) is 16.0. The molecule has 2 rings (SSSR count). The molecule has 0 atom stereocenters. The fourth-order valence-electron chi connectivity index (χ4n) is 2.06. The van der Waals surface area contributed by atoms with Gasteiger partial charge in [0.1, 0.15) is 5.75 Å². The molecule has 2 N–H and O–H groups in total. The van der Waals surface area contributed by atoms with Gasteiger partial charge in [0.15, 0.2) is 6.61 Å². The Hall–Kier alpha value is -3.42. The number of ether oxygens (including phenoxy) is 1. The highest BCUT2D eigenvalue weighted by atomic mass is 16.6. The van der Waals surface area contributed by atoms with Crippen LogP contribution in [0.15, 0.2) is 48.5 Å². The van der Waals surface area contributed by atoms with E-state index in [4.69, 9.17) is 4.74 Å². The third-order valence-electron chi connectivity index (χ3n) is 3.38. The Labute approximate surface area is 150 Å². The number of nitrogens with one attached hydrogen (secondary N) is 2. The molecular formula is C18H19N3O5. The fourth-order valence-corrected chi connectivity index (χ4v) is 2.06. The van der Waals surface area contributed by atoms with Crippen LogP contribution in [0.25, 0.3) is 0 Å². The number of hydrogen-bond acceptors (Lipinski definition) is 5. The average Bonchev–Trinajstić information content (AvgIpc) is 2.65. The Kier molecular flexibility index (Phi) is 6.67. The van der Waals surface area contributed by atoms with Crippen LogP contribution in [0.1, 0.15) is 23.7 Å². The van der Waals surface area contributed by atoms with Crippen LogP contribution >= 0.6 is 0 Å². The number of carbonyl (C=O) groups excluding carboxylic acids is 2. The van der Waals surface area contributed by atoms with Crippen LogP contribution in [0.4, 0.5) is 11.4 Å². The first-order chi connectivity index (χ1) is 12.5. The van der Waals surface area contributed by atoms with Crippen molar-refractivity contribution in [2.45, 2.75) is 13.3 Å². The van der Waals surface area contributed by atoms with Gasteiger partial charge in [0.2, 0.25) is 0 Å². The van der Waals surface area contributed by atoms with E-state index in [0.717, 1.165) is 6.42 Å². The van der Waals surface area contributed by atoms with Crippen molar-refractivity contribution in [2.24, 2.45) is 0 Å². The molecule has 0 saturated heterocycles. The van der Waals surface area contributed by atoms with Crippen molar-refractivity contribution in [2.75, 3.05) is 18.5 Å². The molecule has 2 aromatic rings. The van der Waals surface area contributed by atoms with Gasteiger partial charge in [-0.05, 0) is 42.8 Å². The number of nitro benzene ring substituents is 1. The van der Waals surface area contributed by atoms with Crippen LogP contribution in [0.2, 0.25) is 0 Å². The first kappa shape index (κ1) is 18.9. The first-order valence-electron chi connectivity index (χ1n) is 8.05. The number of hydrogen-bond donors (Lipinski definition) is 2. The molecule has 8 nitrogen and oxygen atoms in total. The second-order valence-electron chi connectivity index (χ2n) is 5.42. The summed E-state index contributed by atoms with van der Waals surface area (Å²) >= 11 is 0. The summed E-state index contributed by atoms with van der Waals surface area (Å²) in [6.45, 7) is 2.34. The van der Waals surface area contributed by atoms with Crippen LogP contribution in [0.3, 0.4) is 0 Å². The lowest BCUT2D eigenvalue weighted by molar-refractivity contribution is -0.384. The van der Waals surface area contributed by atoms with Crippen LogP contribution in [0.5, 0.6) is 5.75 Å². The maximum absolute atomic E-state index is 11.9. The average molecular weight is 357 g/mol. The molecule has 0 aliphatic carbocycles. The van der Waals surface area contributed by atoms with Crippen LogP contribution in [-0.4, -0.2) is 29.9 Å². The first-order valence-corrected chi connectivity index (χ1v) is 8.05. The normalized spacial score (nSPS) is 10.0. The van der Waals surface area contributed by atoms with Crippen molar-refractivity contribution in [3.8, 4) is 5.75 Å². The van der Waals surface area contributed by atoms with E-state index in [1.807, 2.05) is 6.92 Å². The summed E-state index contributed by atoms with van der Waals surface area (Å²) in [7, 11) is 0. The second kappa shape index (κ2) is 9.16. The van der Waals surface area contributed by atoms with Crippen LogP contribution in [-0.2, 0) is 4.79 Å². The van der Waals surface area contributed by atoms with E-state index < -0.39 is 4.92 Å². The summed E-state index contributed by atoms with van der Waals surface area (Å²) in [6.07, 6.45) is 0.856. The topological polar surface area (TPSA) is 111 Å². The van der Waals surface area contributed by atoms with Gasteiger partial charge >= 0.3 is 0 Å². The largest absolute Gasteiger partial charge is 0.484 e. The van der Waals surface area contributed by atoms with E-state index in [-0.39, 0.29) is 24.1 Å². The van der Waals surface area contributed by atoms with Crippen LogP contribution < -0.4 is 15.4 Å². The molecule has 0 aliphatic rings. The quantitative estimate of drug-likeness (QED) is 0.557. The molecule has 2 amide bonds. The van der Waals surface area contributed by atoms with Crippen molar-refractivity contribution >= 4 is 23.2 Å². The van der Waals surface area contributed by atoms with Gasteiger partial charge in [-0.1, -0.05) is 6.92 Å². The van der Waals surface area contributed by atoms with E-state index in [9.17, 15) is 19.7 Å². The standard InChI is InChI=1S/C18H19N3O5/c1-2-11-19-18(23)13-3-5-14(6-4-13)20-17(22)12-26-16-9-7-15(8-10-16)21(24)25/h3-10H,2,11-12H2,1H3,(H,19,23)(H,20,22). The van der Waals surface area contributed by atoms with Crippen molar-refractivity contribution in [3.05, 3.63) is 64.2 Å². The monoisotopic (exact) mass is 357 g/mol. The summed E-state index contributed by atoms with van der Waals surface area (Å²) < 4.78 is 5.28. The predicted octanol–water partition coefficient (Wildman–Crippen LogP) is 2.75. The minimum Gasteiger partial charge on any atom is -0.484 e. The molecule has 0 saturated carbocycles. The number of benzene rings is 2. The van der Waals surface area contributed by atoms with Crippen molar-refractivity contribution in [3.63, 3.8) is 0 Å². The zero-order valence-electron chi connectivity index (χ0n) is 14.2. The summed E-state index contributed by atoms with van der Waals surface area (Å²) in [6, 6.07) is 12.0. The van der Waals surface area contributed by atoms with Gasteiger partial charge in [0.05, 0.1) is 4.92 Å². The molecule has 0 heterocycles. The van der Waals surface area contributed by atoms with E-state index in [0.29, 0.717) is 23.5 Å². The second-order valence-corrected chi connectivity index (χ2v) is 5.42. The maximum atomic E-state index is 11.9. The Bertz CT molecular complexity index is 772. The molecule has 26 heavy (non-hydrogen) atoms. The molecule has 136 valence electrons. The molecule has 0 radical (unpaired) electrons. The van der Waals surface area contributed by atoms with Gasteiger partial charge in [0, 0.05) is 29.9 Å². The van der Waals surface area contributed by atoms with Gasteiger partial charge in [-0.25, -0.2) is 0 Å². The third-order valence-corrected chi connectivity index (χ3v) is 3.38. The van der Waals surface area contributed by atoms with Gasteiger partial charge in [-0.3, -0.25) is 19.7 Å². The van der Waals surface area contributed by atoms with Crippen molar-refractivity contribution in [1.29, 1.82) is 0 Å². The molecule has 0 bridgehead atoms. The van der Waals surface area contributed by atoms with Crippen molar-refractivity contribution < 1.29 is 19.2 Å². The highest BCUT2D eigenvalue weighted by molar-refractivity contribution is 5.96. The van der Waals surface area contributed by atoms with E-state index in [1.54, 1.807) is 24.3 Å². The zero-order chi connectivity index (χ0) is 18.9. The molecule has 0 unspecified atom stereocenters.